The highest BCUT2D eigenvalue weighted by Crippen LogP contribution is 2.35. The summed E-state index contributed by atoms with van der Waals surface area (Å²) in [5.41, 5.74) is 0. The lowest BCUT2D eigenvalue weighted by Crippen LogP contribution is -2.41. The van der Waals surface area contributed by atoms with Crippen molar-refractivity contribution in [2.75, 3.05) is 0 Å². The second-order valence-electron chi connectivity index (χ2n) is 7.38. The molecule has 25 heavy (non-hydrogen) atoms. The fourth-order valence-corrected chi connectivity index (χ4v) is 5.96. The van der Waals surface area contributed by atoms with Gasteiger partial charge >= 0.3 is 0 Å². The molecule has 1 aliphatic heterocycles. The third-order valence-corrected chi connectivity index (χ3v) is 7.42. The molecule has 1 heterocycles. The van der Waals surface area contributed by atoms with Gasteiger partial charge in [0.2, 0.25) is 10.0 Å². The standard InChI is InChI=1S/C21H35NO2S/c1-3-5-7-8-10-14-20-18-17-19(13-6-4-2)22(20)25(23,24)21-15-11-9-12-16-21/h9,11-12,15-16,19-20H,3-8,10,13-14,17-18H2,1-2H3/t19-,20-/m1/s1. The van der Waals surface area contributed by atoms with E-state index in [1.54, 1.807) is 12.1 Å². The molecule has 1 saturated heterocycles. The van der Waals surface area contributed by atoms with Crippen LogP contribution in [0.25, 0.3) is 0 Å². The van der Waals surface area contributed by atoms with Gasteiger partial charge in [-0.1, -0.05) is 77.0 Å². The lowest BCUT2D eigenvalue weighted by Gasteiger charge is -2.29. The van der Waals surface area contributed by atoms with Gasteiger partial charge in [0.15, 0.2) is 0 Å². The number of nitrogens with zero attached hydrogens (tertiary/aromatic N) is 1. The first-order chi connectivity index (χ1) is 12.1. The van der Waals surface area contributed by atoms with Crippen molar-refractivity contribution in [2.45, 2.75) is 101 Å². The van der Waals surface area contributed by atoms with Gasteiger partial charge in [-0.3, -0.25) is 0 Å². The molecule has 142 valence electrons. The summed E-state index contributed by atoms with van der Waals surface area (Å²) in [5.74, 6) is 0. The molecule has 1 aromatic carbocycles. The topological polar surface area (TPSA) is 37.4 Å². The lowest BCUT2D eigenvalue weighted by atomic mass is 10.0. The van der Waals surface area contributed by atoms with Crippen molar-refractivity contribution in [1.82, 2.24) is 4.31 Å². The van der Waals surface area contributed by atoms with Crippen LogP contribution >= 0.6 is 0 Å². The van der Waals surface area contributed by atoms with Crippen LogP contribution in [0.2, 0.25) is 0 Å². The minimum absolute atomic E-state index is 0.186. The summed E-state index contributed by atoms with van der Waals surface area (Å²) < 4.78 is 28.4. The van der Waals surface area contributed by atoms with Gasteiger partial charge in [-0.2, -0.15) is 4.31 Å². The summed E-state index contributed by atoms with van der Waals surface area (Å²) in [4.78, 5) is 0.453. The van der Waals surface area contributed by atoms with E-state index in [0.717, 1.165) is 44.9 Å². The number of hydrogen-bond donors (Lipinski definition) is 0. The summed E-state index contributed by atoms with van der Waals surface area (Å²) in [6, 6.07) is 9.38. The average Bonchev–Trinajstić information content (AvgIpc) is 3.04. The zero-order valence-corrected chi connectivity index (χ0v) is 16.8. The maximum absolute atomic E-state index is 13.3. The molecule has 2 rings (SSSR count). The molecular formula is C21H35NO2S. The van der Waals surface area contributed by atoms with Crippen LogP contribution in [0.5, 0.6) is 0 Å². The minimum atomic E-state index is -3.38. The Morgan fingerprint density at radius 2 is 1.40 bits per heavy atom. The van der Waals surface area contributed by atoms with E-state index in [1.807, 2.05) is 22.5 Å². The van der Waals surface area contributed by atoms with E-state index in [0.29, 0.717) is 4.90 Å². The number of unbranched alkanes of at least 4 members (excludes halogenated alkanes) is 5. The Labute approximate surface area is 154 Å². The van der Waals surface area contributed by atoms with E-state index in [9.17, 15) is 8.42 Å². The molecule has 1 aliphatic rings. The Morgan fingerprint density at radius 3 is 2.00 bits per heavy atom. The smallest absolute Gasteiger partial charge is 0.207 e. The first kappa shape index (κ1) is 20.4. The predicted octanol–water partition coefficient (Wildman–Crippen LogP) is 5.76. The SMILES string of the molecule is CCCCCCC[C@@H]1CC[C@@H](CCCC)N1S(=O)(=O)c1ccccc1. The molecule has 2 atom stereocenters. The van der Waals surface area contributed by atoms with Crippen LogP contribution in [-0.4, -0.2) is 24.8 Å². The largest absolute Gasteiger partial charge is 0.243 e. The summed E-state index contributed by atoms with van der Waals surface area (Å²) in [5, 5.41) is 0. The van der Waals surface area contributed by atoms with Crippen molar-refractivity contribution in [1.29, 1.82) is 0 Å². The molecular weight excluding hydrogens is 330 g/mol. The number of sulfonamides is 1. The Morgan fingerprint density at radius 1 is 0.840 bits per heavy atom. The fraction of sp³-hybridized carbons (Fsp3) is 0.714. The molecule has 0 amide bonds. The summed E-state index contributed by atoms with van der Waals surface area (Å²) in [6.07, 6.45) is 12.5. The third-order valence-electron chi connectivity index (χ3n) is 5.40. The third kappa shape index (κ3) is 5.55. The second-order valence-corrected chi connectivity index (χ2v) is 9.22. The van der Waals surface area contributed by atoms with Crippen LogP contribution in [0.3, 0.4) is 0 Å². The molecule has 0 radical (unpaired) electrons. The maximum atomic E-state index is 13.3. The van der Waals surface area contributed by atoms with Gasteiger partial charge in [0, 0.05) is 12.1 Å². The highest BCUT2D eigenvalue weighted by molar-refractivity contribution is 7.89. The Hall–Kier alpha value is -0.870. The molecule has 1 aromatic rings. The molecule has 0 N–H and O–H groups in total. The van der Waals surface area contributed by atoms with E-state index in [2.05, 4.69) is 13.8 Å². The highest BCUT2D eigenvalue weighted by Gasteiger charge is 2.41. The first-order valence-corrected chi connectivity index (χ1v) is 11.6. The van der Waals surface area contributed by atoms with Gasteiger partial charge in [-0.05, 0) is 37.8 Å². The van der Waals surface area contributed by atoms with E-state index in [-0.39, 0.29) is 12.1 Å². The van der Waals surface area contributed by atoms with E-state index < -0.39 is 10.0 Å². The van der Waals surface area contributed by atoms with Gasteiger partial charge in [0.1, 0.15) is 0 Å². The molecule has 1 fully saturated rings. The van der Waals surface area contributed by atoms with Crippen LogP contribution in [0.1, 0.15) is 84.5 Å². The van der Waals surface area contributed by atoms with Gasteiger partial charge in [-0.15, -0.1) is 0 Å². The van der Waals surface area contributed by atoms with Crippen LogP contribution in [0.15, 0.2) is 35.2 Å². The summed E-state index contributed by atoms with van der Waals surface area (Å²) in [7, 11) is -3.38. The molecule has 0 saturated carbocycles. The van der Waals surface area contributed by atoms with E-state index >= 15 is 0 Å². The van der Waals surface area contributed by atoms with Crippen LogP contribution < -0.4 is 0 Å². The monoisotopic (exact) mass is 365 g/mol. The number of hydrogen-bond acceptors (Lipinski definition) is 2. The van der Waals surface area contributed by atoms with Gasteiger partial charge < -0.3 is 0 Å². The van der Waals surface area contributed by atoms with Crippen molar-refractivity contribution < 1.29 is 8.42 Å². The van der Waals surface area contributed by atoms with Crippen molar-refractivity contribution in [3.05, 3.63) is 30.3 Å². The number of benzene rings is 1. The van der Waals surface area contributed by atoms with Crippen LogP contribution in [-0.2, 0) is 10.0 Å². The van der Waals surface area contributed by atoms with Crippen LogP contribution in [0.4, 0.5) is 0 Å². The lowest BCUT2D eigenvalue weighted by molar-refractivity contribution is 0.290. The van der Waals surface area contributed by atoms with Crippen LogP contribution in [0, 0.1) is 0 Å². The normalized spacial score (nSPS) is 21.7. The molecule has 0 spiro atoms. The van der Waals surface area contributed by atoms with E-state index in [1.165, 1.54) is 25.7 Å². The molecule has 0 bridgehead atoms. The minimum Gasteiger partial charge on any atom is -0.207 e. The summed E-state index contributed by atoms with van der Waals surface area (Å²) >= 11 is 0. The van der Waals surface area contributed by atoms with Gasteiger partial charge in [0.25, 0.3) is 0 Å². The van der Waals surface area contributed by atoms with Gasteiger partial charge in [-0.25, -0.2) is 8.42 Å². The highest BCUT2D eigenvalue weighted by atomic mass is 32.2. The first-order valence-electron chi connectivity index (χ1n) is 10.2. The Kier molecular flexibility index (Phi) is 8.44. The van der Waals surface area contributed by atoms with Gasteiger partial charge in [0.05, 0.1) is 4.90 Å². The average molecular weight is 366 g/mol. The molecule has 0 aliphatic carbocycles. The molecule has 0 aromatic heterocycles. The Balaban J connectivity index is 2.10. The van der Waals surface area contributed by atoms with E-state index in [4.69, 9.17) is 0 Å². The summed E-state index contributed by atoms with van der Waals surface area (Å²) in [6.45, 7) is 4.40. The molecule has 3 nitrogen and oxygen atoms in total. The maximum Gasteiger partial charge on any atom is 0.243 e. The van der Waals surface area contributed by atoms with Crippen molar-refractivity contribution >= 4 is 10.0 Å². The second kappa shape index (κ2) is 10.3. The molecule has 0 unspecified atom stereocenters. The molecule has 4 heteroatoms. The zero-order chi connectivity index (χ0) is 18.1. The Bertz CT molecular complexity index is 585. The fourth-order valence-electron chi connectivity index (χ4n) is 4.01. The predicted molar refractivity (Wildman–Crippen MR) is 105 cm³/mol. The van der Waals surface area contributed by atoms with Crippen molar-refractivity contribution in [3.8, 4) is 0 Å². The number of rotatable bonds is 11. The van der Waals surface area contributed by atoms with Crippen molar-refractivity contribution in [3.63, 3.8) is 0 Å². The quantitative estimate of drug-likeness (QED) is 0.468. The van der Waals surface area contributed by atoms with Crippen molar-refractivity contribution in [2.24, 2.45) is 0 Å². The zero-order valence-electron chi connectivity index (χ0n) is 16.0.